The molecule has 0 aliphatic carbocycles. The molecule has 0 fully saturated rings. The number of amides is 2. The van der Waals surface area contributed by atoms with Crippen LogP contribution < -0.4 is 10.6 Å². The lowest BCUT2D eigenvalue weighted by molar-refractivity contribution is -0.115. The van der Waals surface area contributed by atoms with Crippen molar-refractivity contribution < 1.29 is 9.59 Å². The standard InChI is InChI=1S/C12H13N3O2/c1-7(16)13-11-9-5-3-4-6-10(9)15-12(11)14-8(2)17/h3-6,15H,1-2H3,(H,13,16)(H,14,17). The molecule has 0 aliphatic rings. The van der Waals surface area contributed by atoms with Crippen LogP contribution >= 0.6 is 0 Å². The zero-order chi connectivity index (χ0) is 12.4. The van der Waals surface area contributed by atoms with Crippen LogP contribution in [0.4, 0.5) is 11.5 Å². The fourth-order valence-corrected chi connectivity index (χ4v) is 1.72. The van der Waals surface area contributed by atoms with Gasteiger partial charge >= 0.3 is 0 Å². The number of hydrogen-bond donors (Lipinski definition) is 3. The molecule has 2 aromatic rings. The number of benzene rings is 1. The number of carbonyl (C=O) groups is 2. The summed E-state index contributed by atoms with van der Waals surface area (Å²) in [5.74, 6) is 0.137. The number of aromatic nitrogens is 1. The molecule has 0 saturated heterocycles. The van der Waals surface area contributed by atoms with Crippen molar-refractivity contribution in [2.45, 2.75) is 13.8 Å². The highest BCUT2D eigenvalue weighted by atomic mass is 16.2. The third-order valence-electron chi connectivity index (χ3n) is 2.31. The van der Waals surface area contributed by atoms with E-state index in [0.717, 1.165) is 10.9 Å². The summed E-state index contributed by atoms with van der Waals surface area (Å²) in [6.45, 7) is 2.85. The van der Waals surface area contributed by atoms with Gasteiger partial charge in [-0.25, -0.2) is 0 Å². The Morgan fingerprint density at radius 2 is 1.71 bits per heavy atom. The average Bonchev–Trinajstić information content (AvgIpc) is 2.55. The summed E-state index contributed by atoms with van der Waals surface area (Å²) < 4.78 is 0. The van der Waals surface area contributed by atoms with Gasteiger partial charge in [-0.1, -0.05) is 18.2 Å². The summed E-state index contributed by atoms with van der Waals surface area (Å²) in [7, 11) is 0. The average molecular weight is 231 g/mol. The van der Waals surface area contributed by atoms with Crippen molar-refractivity contribution in [3.8, 4) is 0 Å². The molecule has 1 aromatic heterocycles. The number of fused-ring (bicyclic) bond motifs is 1. The van der Waals surface area contributed by atoms with Crippen molar-refractivity contribution in [3.63, 3.8) is 0 Å². The zero-order valence-corrected chi connectivity index (χ0v) is 9.63. The topological polar surface area (TPSA) is 74.0 Å². The Hall–Kier alpha value is -2.30. The minimum absolute atomic E-state index is 0.179. The molecule has 1 aromatic carbocycles. The van der Waals surface area contributed by atoms with Crippen LogP contribution in [-0.4, -0.2) is 16.8 Å². The highest BCUT2D eigenvalue weighted by Crippen LogP contribution is 2.31. The van der Waals surface area contributed by atoms with Crippen molar-refractivity contribution in [1.82, 2.24) is 4.98 Å². The van der Waals surface area contributed by atoms with Gasteiger partial charge in [-0.15, -0.1) is 0 Å². The summed E-state index contributed by atoms with van der Waals surface area (Å²) in [5, 5.41) is 6.24. The molecule has 0 aliphatic heterocycles. The SMILES string of the molecule is CC(=O)Nc1[nH]c2ccccc2c1NC(C)=O. The maximum Gasteiger partial charge on any atom is 0.222 e. The Balaban J connectivity index is 2.56. The third kappa shape index (κ3) is 2.28. The van der Waals surface area contributed by atoms with E-state index in [1.807, 2.05) is 24.3 Å². The van der Waals surface area contributed by atoms with E-state index in [2.05, 4.69) is 15.6 Å². The Kier molecular flexibility index (Phi) is 2.82. The van der Waals surface area contributed by atoms with Gasteiger partial charge in [0.2, 0.25) is 11.8 Å². The first-order valence-corrected chi connectivity index (χ1v) is 5.24. The van der Waals surface area contributed by atoms with Gasteiger partial charge in [0.1, 0.15) is 5.82 Å². The third-order valence-corrected chi connectivity index (χ3v) is 2.31. The maximum absolute atomic E-state index is 11.2. The van der Waals surface area contributed by atoms with E-state index < -0.39 is 0 Å². The van der Waals surface area contributed by atoms with Crippen LogP contribution in [0.3, 0.4) is 0 Å². The van der Waals surface area contributed by atoms with Gasteiger partial charge < -0.3 is 15.6 Å². The summed E-state index contributed by atoms with van der Waals surface area (Å²) in [4.78, 5) is 25.3. The van der Waals surface area contributed by atoms with Crippen LogP contribution in [0.25, 0.3) is 10.9 Å². The number of rotatable bonds is 2. The molecule has 2 amide bonds. The normalized spacial score (nSPS) is 10.2. The highest BCUT2D eigenvalue weighted by Gasteiger charge is 2.12. The van der Waals surface area contributed by atoms with Gasteiger partial charge in [-0.05, 0) is 6.07 Å². The first-order chi connectivity index (χ1) is 8.08. The number of nitrogens with one attached hydrogen (secondary N) is 3. The molecule has 1 heterocycles. The first kappa shape index (κ1) is 11.2. The van der Waals surface area contributed by atoms with Crippen LogP contribution in [0.1, 0.15) is 13.8 Å². The van der Waals surface area contributed by atoms with Gasteiger partial charge in [0.15, 0.2) is 0 Å². The number of aromatic amines is 1. The minimum atomic E-state index is -0.192. The zero-order valence-electron chi connectivity index (χ0n) is 9.63. The van der Waals surface area contributed by atoms with Crippen molar-refractivity contribution in [2.75, 3.05) is 10.6 Å². The van der Waals surface area contributed by atoms with E-state index >= 15 is 0 Å². The van der Waals surface area contributed by atoms with Gasteiger partial charge in [0.05, 0.1) is 5.69 Å². The summed E-state index contributed by atoms with van der Waals surface area (Å²) in [6, 6.07) is 7.52. The smallest absolute Gasteiger partial charge is 0.222 e. The largest absolute Gasteiger partial charge is 0.339 e. The van der Waals surface area contributed by atoms with Crippen molar-refractivity contribution in [2.24, 2.45) is 0 Å². The van der Waals surface area contributed by atoms with E-state index in [1.54, 1.807) is 0 Å². The Bertz CT molecular complexity index is 586. The highest BCUT2D eigenvalue weighted by molar-refractivity contribution is 6.09. The van der Waals surface area contributed by atoms with Crippen LogP contribution in [0.2, 0.25) is 0 Å². The quantitative estimate of drug-likeness (QED) is 0.740. The second-order valence-electron chi connectivity index (χ2n) is 3.78. The molecule has 5 nitrogen and oxygen atoms in total. The van der Waals surface area contributed by atoms with Gasteiger partial charge in [-0.3, -0.25) is 9.59 Å². The first-order valence-electron chi connectivity index (χ1n) is 5.24. The van der Waals surface area contributed by atoms with Gasteiger partial charge in [-0.2, -0.15) is 0 Å². The number of H-pyrrole nitrogens is 1. The minimum Gasteiger partial charge on any atom is -0.339 e. The lowest BCUT2D eigenvalue weighted by Gasteiger charge is -2.04. The fraction of sp³-hybridized carbons (Fsp3) is 0.167. The summed E-state index contributed by atoms with van der Waals surface area (Å²) in [5.41, 5.74) is 1.46. The van der Waals surface area contributed by atoms with E-state index in [9.17, 15) is 9.59 Å². The van der Waals surface area contributed by atoms with Crippen molar-refractivity contribution >= 4 is 34.2 Å². The fourth-order valence-electron chi connectivity index (χ4n) is 1.72. The van der Waals surface area contributed by atoms with Gasteiger partial charge in [0.25, 0.3) is 0 Å². The molecule has 0 atom stereocenters. The summed E-state index contributed by atoms with van der Waals surface area (Å²) in [6.07, 6.45) is 0. The molecular weight excluding hydrogens is 218 g/mol. The molecule has 17 heavy (non-hydrogen) atoms. The predicted molar refractivity (Wildman–Crippen MR) is 66.9 cm³/mol. The Morgan fingerprint density at radius 3 is 2.35 bits per heavy atom. The molecule has 2 rings (SSSR count). The van der Waals surface area contributed by atoms with Gasteiger partial charge in [0, 0.05) is 24.8 Å². The molecule has 5 heteroatoms. The maximum atomic E-state index is 11.2. The summed E-state index contributed by atoms with van der Waals surface area (Å²) >= 11 is 0. The lowest BCUT2D eigenvalue weighted by atomic mass is 10.2. The van der Waals surface area contributed by atoms with E-state index in [4.69, 9.17) is 0 Å². The van der Waals surface area contributed by atoms with E-state index in [0.29, 0.717) is 11.5 Å². The van der Waals surface area contributed by atoms with Crippen molar-refractivity contribution in [3.05, 3.63) is 24.3 Å². The molecule has 88 valence electrons. The van der Waals surface area contributed by atoms with Crippen molar-refractivity contribution in [1.29, 1.82) is 0 Å². The number of carbonyl (C=O) groups excluding carboxylic acids is 2. The predicted octanol–water partition coefficient (Wildman–Crippen LogP) is 2.08. The molecular formula is C12H13N3O2. The molecule has 0 unspecified atom stereocenters. The monoisotopic (exact) mass is 231 g/mol. The molecule has 0 spiro atoms. The second kappa shape index (κ2) is 4.29. The van der Waals surface area contributed by atoms with Crippen LogP contribution in [-0.2, 0) is 9.59 Å². The van der Waals surface area contributed by atoms with Crippen LogP contribution in [0.5, 0.6) is 0 Å². The van der Waals surface area contributed by atoms with Crippen LogP contribution in [0.15, 0.2) is 24.3 Å². The number of hydrogen-bond acceptors (Lipinski definition) is 2. The number of para-hydroxylation sites is 1. The van der Waals surface area contributed by atoms with E-state index in [1.165, 1.54) is 13.8 Å². The number of anilines is 2. The second-order valence-corrected chi connectivity index (χ2v) is 3.78. The molecule has 0 saturated carbocycles. The molecule has 0 radical (unpaired) electrons. The molecule has 3 N–H and O–H groups in total. The molecule has 0 bridgehead atoms. The lowest BCUT2D eigenvalue weighted by Crippen LogP contribution is -2.11. The Morgan fingerprint density at radius 1 is 1.06 bits per heavy atom. The van der Waals surface area contributed by atoms with E-state index in [-0.39, 0.29) is 11.8 Å². The van der Waals surface area contributed by atoms with Crippen LogP contribution in [0, 0.1) is 0 Å². The Labute approximate surface area is 98.2 Å².